The Labute approximate surface area is 220 Å². The molecule has 0 aliphatic heterocycles. The minimum absolute atomic E-state index is 0.105. The third kappa shape index (κ3) is 7.58. The van der Waals surface area contributed by atoms with Crippen LogP contribution in [-0.2, 0) is 11.3 Å². The van der Waals surface area contributed by atoms with E-state index in [0.29, 0.717) is 16.2 Å². The number of aromatic nitrogens is 1. The summed E-state index contributed by atoms with van der Waals surface area (Å²) in [5.74, 6) is -0.821. The number of carbonyl (C=O) groups excluding carboxylic acids is 2. The number of nitrogens with one attached hydrogen (secondary N) is 4. The summed E-state index contributed by atoms with van der Waals surface area (Å²) in [6.07, 6.45) is 4.84. The van der Waals surface area contributed by atoms with Gasteiger partial charge in [-0.1, -0.05) is 60.7 Å². The maximum absolute atomic E-state index is 13.2. The number of para-hydroxylation sites is 2. The third-order valence-electron chi connectivity index (χ3n) is 5.26. The molecule has 0 fully saturated rings. The lowest BCUT2D eigenvalue weighted by atomic mass is 10.1. The highest BCUT2D eigenvalue weighted by molar-refractivity contribution is 7.80. The van der Waals surface area contributed by atoms with Gasteiger partial charge >= 0.3 is 0 Å². The molecule has 4 aromatic rings. The lowest BCUT2D eigenvalue weighted by molar-refractivity contribution is -0.117. The van der Waals surface area contributed by atoms with Gasteiger partial charge in [-0.2, -0.15) is 0 Å². The zero-order chi connectivity index (χ0) is 25.9. The fourth-order valence-electron chi connectivity index (χ4n) is 3.44. The van der Waals surface area contributed by atoms with Crippen LogP contribution in [0.3, 0.4) is 0 Å². The topological polar surface area (TPSA) is 95.2 Å². The molecular weight excluding hydrogens is 482 g/mol. The fraction of sp³-hybridized carbons (Fsp3) is 0.0345. The molecule has 1 aromatic heterocycles. The van der Waals surface area contributed by atoms with Crippen molar-refractivity contribution < 1.29 is 9.59 Å². The number of carbonyl (C=O) groups is 2. The van der Waals surface area contributed by atoms with E-state index >= 15 is 0 Å². The summed E-state index contributed by atoms with van der Waals surface area (Å²) in [6, 6.07) is 29.4. The molecular formula is C29H25N5O2S. The molecule has 1 heterocycles. The summed E-state index contributed by atoms with van der Waals surface area (Å²) in [7, 11) is 0. The van der Waals surface area contributed by atoms with Crippen molar-refractivity contribution in [1.29, 1.82) is 0 Å². The van der Waals surface area contributed by atoms with Crippen molar-refractivity contribution in [2.75, 3.05) is 10.6 Å². The largest absolute Gasteiger partial charge is 0.347 e. The number of hydrogen-bond donors (Lipinski definition) is 4. The van der Waals surface area contributed by atoms with Crippen LogP contribution in [0, 0.1) is 0 Å². The molecule has 3 aromatic carbocycles. The molecule has 184 valence electrons. The molecule has 2 amide bonds. The summed E-state index contributed by atoms with van der Waals surface area (Å²) >= 11 is 5.45. The predicted molar refractivity (Wildman–Crippen MR) is 151 cm³/mol. The Kier molecular flexibility index (Phi) is 8.72. The van der Waals surface area contributed by atoms with Crippen LogP contribution >= 0.6 is 12.2 Å². The Balaban J connectivity index is 1.46. The number of pyridine rings is 1. The summed E-state index contributed by atoms with van der Waals surface area (Å²) in [6.45, 7) is 0.210. The first-order valence-corrected chi connectivity index (χ1v) is 12.0. The monoisotopic (exact) mass is 507 g/mol. The fourth-order valence-corrected chi connectivity index (χ4v) is 3.67. The Morgan fingerprint density at radius 2 is 1.51 bits per heavy atom. The molecule has 7 nitrogen and oxygen atoms in total. The second-order valence-corrected chi connectivity index (χ2v) is 8.36. The van der Waals surface area contributed by atoms with Gasteiger partial charge in [-0.05, 0) is 65.8 Å². The Morgan fingerprint density at radius 3 is 2.24 bits per heavy atom. The molecule has 0 unspecified atom stereocenters. The number of nitrogens with zero attached hydrogens (tertiary/aromatic N) is 1. The molecule has 0 bridgehead atoms. The molecule has 4 rings (SSSR count). The predicted octanol–water partition coefficient (Wildman–Crippen LogP) is 4.98. The normalized spacial score (nSPS) is 10.8. The van der Waals surface area contributed by atoms with E-state index in [2.05, 4.69) is 26.3 Å². The first-order valence-electron chi connectivity index (χ1n) is 11.6. The van der Waals surface area contributed by atoms with Crippen LogP contribution in [-0.4, -0.2) is 21.9 Å². The van der Waals surface area contributed by atoms with Crippen LogP contribution in [0.25, 0.3) is 6.08 Å². The number of thiocarbonyl (C=S) groups is 1. The van der Waals surface area contributed by atoms with Crippen LogP contribution < -0.4 is 21.3 Å². The standard InChI is InChI=1S/C29H25N5O2S/c35-27(22-11-3-1-4-12-22)33-26(18-21-10-9-17-30-19-21)28(36)31-20-23-13-7-8-16-25(23)34-29(37)32-24-14-5-2-6-15-24/h1-19H,20H2,(H,31,36)(H,33,35)(H2,32,34,37)/b26-18+. The van der Waals surface area contributed by atoms with Gasteiger partial charge in [0, 0.05) is 35.9 Å². The van der Waals surface area contributed by atoms with Gasteiger partial charge in [-0.3, -0.25) is 14.6 Å². The van der Waals surface area contributed by atoms with Crippen LogP contribution in [0.1, 0.15) is 21.5 Å². The zero-order valence-electron chi connectivity index (χ0n) is 19.8. The second-order valence-electron chi connectivity index (χ2n) is 7.95. The van der Waals surface area contributed by atoms with Crippen LogP contribution in [0.4, 0.5) is 11.4 Å². The van der Waals surface area contributed by atoms with Crippen LogP contribution in [0.2, 0.25) is 0 Å². The van der Waals surface area contributed by atoms with E-state index in [9.17, 15) is 9.59 Å². The zero-order valence-corrected chi connectivity index (χ0v) is 20.7. The molecule has 0 aliphatic carbocycles. The first-order chi connectivity index (χ1) is 18.1. The number of rotatable bonds is 8. The highest BCUT2D eigenvalue weighted by atomic mass is 32.1. The van der Waals surface area contributed by atoms with E-state index < -0.39 is 5.91 Å². The molecule has 37 heavy (non-hydrogen) atoms. The van der Waals surface area contributed by atoms with E-state index in [-0.39, 0.29) is 18.1 Å². The van der Waals surface area contributed by atoms with Gasteiger partial charge in [0.1, 0.15) is 5.70 Å². The quantitative estimate of drug-likeness (QED) is 0.199. The van der Waals surface area contributed by atoms with Crippen molar-refractivity contribution >= 4 is 46.6 Å². The Hall–Kier alpha value is -4.82. The van der Waals surface area contributed by atoms with Crippen molar-refractivity contribution in [1.82, 2.24) is 15.6 Å². The highest BCUT2D eigenvalue weighted by Gasteiger charge is 2.15. The van der Waals surface area contributed by atoms with E-state index in [0.717, 1.165) is 16.9 Å². The van der Waals surface area contributed by atoms with Gasteiger partial charge in [0.05, 0.1) is 0 Å². The summed E-state index contributed by atoms with van der Waals surface area (Å²) < 4.78 is 0. The van der Waals surface area contributed by atoms with Crippen molar-refractivity contribution in [3.8, 4) is 0 Å². The molecule has 0 aliphatic rings. The lowest BCUT2D eigenvalue weighted by Crippen LogP contribution is -2.34. The molecule has 0 saturated heterocycles. The highest BCUT2D eigenvalue weighted by Crippen LogP contribution is 2.16. The minimum atomic E-state index is -0.437. The van der Waals surface area contributed by atoms with Crippen molar-refractivity contribution in [3.63, 3.8) is 0 Å². The minimum Gasteiger partial charge on any atom is -0.347 e. The third-order valence-corrected chi connectivity index (χ3v) is 5.46. The summed E-state index contributed by atoms with van der Waals surface area (Å²) in [5, 5.41) is 12.4. The molecule has 8 heteroatoms. The van der Waals surface area contributed by atoms with Crippen molar-refractivity contribution in [3.05, 3.63) is 132 Å². The summed E-state index contributed by atoms with van der Waals surface area (Å²) in [5.41, 5.74) is 3.67. The molecule has 0 spiro atoms. The van der Waals surface area contributed by atoms with Gasteiger partial charge in [0.15, 0.2) is 5.11 Å². The van der Waals surface area contributed by atoms with Gasteiger partial charge in [-0.25, -0.2) is 0 Å². The molecule has 0 atom stereocenters. The smallest absolute Gasteiger partial charge is 0.268 e. The van der Waals surface area contributed by atoms with E-state index in [1.807, 2.05) is 60.7 Å². The van der Waals surface area contributed by atoms with Gasteiger partial charge in [0.25, 0.3) is 11.8 Å². The second kappa shape index (κ2) is 12.8. The SMILES string of the molecule is O=C(NCc1ccccc1NC(=S)Nc1ccccc1)/C(=C\c1cccnc1)NC(=O)c1ccccc1. The van der Waals surface area contributed by atoms with Gasteiger partial charge in [0.2, 0.25) is 0 Å². The van der Waals surface area contributed by atoms with E-state index in [1.54, 1.807) is 54.9 Å². The number of hydrogen-bond acceptors (Lipinski definition) is 4. The summed E-state index contributed by atoms with van der Waals surface area (Å²) in [4.78, 5) is 30.0. The first kappa shape index (κ1) is 25.3. The molecule has 0 radical (unpaired) electrons. The van der Waals surface area contributed by atoms with Crippen LogP contribution in [0.15, 0.2) is 115 Å². The van der Waals surface area contributed by atoms with Gasteiger partial charge in [-0.15, -0.1) is 0 Å². The average Bonchev–Trinajstić information content (AvgIpc) is 2.93. The average molecular weight is 508 g/mol. The van der Waals surface area contributed by atoms with E-state index in [4.69, 9.17) is 12.2 Å². The number of anilines is 2. The van der Waals surface area contributed by atoms with E-state index in [1.165, 1.54) is 0 Å². The van der Waals surface area contributed by atoms with Gasteiger partial charge < -0.3 is 21.3 Å². The molecule has 0 saturated carbocycles. The Bertz CT molecular complexity index is 1390. The van der Waals surface area contributed by atoms with Crippen LogP contribution in [0.5, 0.6) is 0 Å². The maximum atomic E-state index is 13.2. The lowest BCUT2D eigenvalue weighted by Gasteiger charge is -2.15. The Morgan fingerprint density at radius 1 is 0.811 bits per heavy atom. The number of amides is 2. The van der Waals surface area contributed by atoms with Crippen molar-refractivity contribution in [2.24, 2.45) is 0 Å². The maximum Gasteiger partial charge on any atom is 0.268 e. The number of benzene rings is 3. The molecule has 4 N–H and O–H groups in total. The van der Waals surface area contributed by atoms with Crippen molar-refractivity contribution in [2.45, 2.75) is 6.54 Å².